The standard InChI is InChI=1S/C24H19NO5/c1-15(26)16-11-12-21(22(13-16)29-2)30-23(27)14-25-19-9-5-3-7-17(19)24(28)18-8-4-6-10-20(18)25/h3-13H,14H2,1-2H3. The van der Waals surface area contributed by atoms with E-state index in [0.29, 0.717) is 33.1 Å². The summed E-state index contributed by atoms with van der Waals surface area (Å²) in [5, 5.41) is 1.07. The van der Waals surface area contributed by atoms with Crippen molar-refractivity contribution in [3.63, 3.8) is 0 Å². The third-order valence-electron chi connectivity index (χ3n) is 4.96. The van der Waals surface area contributed by atoms with Crippen molar-refractivity contribution in [2.75, 3.05) is 7.11 Å². The van der Waals surface area contributed by atoms with Gasteiger partial charge < -0.3 is 14.0 Å². The Labute approximate surface area is 172 Å². The summed E-state index contributed by atoms with van der Waals surface area (Å²) in [5.41, 5.74) is 1.69. The molecule has 6 nitrogen and oxygen atoms in total. The maximum Gasteiger partial charge on any atom is 0.331 e. The van der Waals surface area contributed by atoms with Crippen LogP contribution in [-0.4, -0.2) is 23.4 Å². The van der Waals surface area contributed by atoms with Crippen LogP contribution in [0.25, 0.3) is 21.8 Å². The zero-order valence-electron chi connectivity index (χ0n) is 16.5. The van der Waals surface area contributed by atoms with E-state index in [9.17, 15) is 14.4 Å². The van der Waals surface area contributed by atoms with E-state index in [1.54, 1.807) is 47.0 Å². The molecule has 0 radical (unpaired) electrons. The molecule has 0 aliphatic rings. The summed E-state index contributed by atoms with van der Waals surface area (Å²) in [6.45, 7) is 1.35. The van der Waals surface area contributed by atoms with E-state index in [2.05, 4.69) is 0 Å². The van der Waals surface area contributed by atoms with Gasteiger partial charge in [0, 0.05) is 16.3 Å². The van der Waals surface area contributed by atoms with Crippen LogP contribution >= 0.6 is 0 Å². The van der Waals surface area contributed by atoms with Crippen molar-refractivity contribution in [2.24, 2.45) is 0 Å². The largest absolute Gasteiger partial charge is 0.493 e. The first-order valence-corrected chi connectivity index (χ1v) is 9.39. The lowest BCUT2D eigenvalue weighted by Gasteiger charge is -2.15. The fourth-order valence-electron chi connectivity index (χ4n) is 3.50. The van der Waals surface area contributed by atoms with E-state index in [-0.39, 0.29) is 23.5 Å². The number of Topliss-reactive ketones (excluding diaryl/α,β-unsaturated/α-hetero) is 1. The Morgan fingerprint density at radius 2 is 1.47 bits per heavy atom. The van der Waals surface area contributed by atoms with Crippen LogP contribution in [0.1, 0.15) is 17.3 Å². The van der Waals surface area contributed by atoms with Crippen molar-refractivity contribution in [1.82, 2.24) is 4.57 Å². The number of nitrogens with zero attached hydrogens (tertiary/aromatic N) is 1. The maximum absolute atomic E-state index is 12.8. The first-order chi connectivity index (χ1) is 14.5. The summed E-state index contributed by atoms with van der Waals surface area (Å²) >= 11 is 0. The summed E-state index contributed by atoms with van der Waals surface area (Å²) < 4.78 is 12.6. The fourth-order valence-corrected chi connectivity index (χ4v) is 3.50. The molecule has 0 fully saturated rings. The molecule has 0 atom stereocenters. The van der Waals surface area contributed by atoms with Crippen LogP contribution in [0.15, 0.2) is 71.5 Å². The summed E-state index contributed by atoms with van der Waals surface area (Å²) in [6.07, 6.45) is 0. The van der Waals surface area contributed by atoms with Crippen LogP contribution in [0.3, 0.4) is 0 Å². The van der Waals surface area contributed by atoms with Gasteiger partial charge in [-0.3, -0.25) is 9.59 Å². The summed E-state index contributed by atoms with van der Waals surface area (Å²) in [6, 6.07) is 19.0. The van der Waals surface area contributed by atoms with Crippen LogP contribution < -0.4 is 14.9 Å². The zero-order chi connectivity index (χ0) is 21.3. The minimum atomic E-state index is -0.525. The molecule has 150 valence electrons. The van der Waals surface area contributed by atoms with Gasteiger partial charge in [0.25, 0.3) is 0 Å². The molecule has 0 bridgehead atoms. The van der Waals surface area contributed by atoms with Gasteiger partial charge in [-0.15, -0.1) is 0 Å². The van der Waals surface area contributed by atoms with Gasteiger partial charge in [-0.2, -0.15) is 0 Å². The molecular formula is C24H19NO5. The molecule has 0 aliphatic carbocycles. The Balaban J connectivity index is 1.74. The predicted molar refractivity (Wildman–Crippen MR) is 114 cm³/mol. The van der Waals surface area contributed by atoms with Crippen molar-refractivity contribution < 1.29 is 19.1 Å². The number of aromatic nitrogens is 1. The number of carbonyl (C=O) groups is 2. The summed E-state index contributed by atoms with van der Waals surface area (Å²) in [4.78, 5) is 37.2. The predicted octanol–water partition coefficient (Wildman–Crippen LogP) is 3.97. The third kappa shape index (κ3) is 3.43. The first kappa shape index (κ1) is 19.4. The molecule has 1 heterocycles. The fraction of sp³-hybridized carbons (Fsp3) is 0.125. The van der Waals surface area contributed by atoms with E-state index in [0.717, 1.165) is 0 Å². The lowest BCUT2D eigenvalue weighted by molar-refractivity contribution is -0.135. The lowest BCUT2D eigenvalue weighted by Crippen LogP contribution is -2.20. The Hall–Kier alpha value is -3.93. The van der Waals surface area contributed by atoms with Crippen LogP contribution in [0.2, 0.25) is 0 Å². The number of carbonyl (C=O) groups excluding carboxylic acids is 2. The second kappa shape index (κ2) is 7.83. The van der Waals surface area contributed by atoms with E-state index >= 15 is 0 Å². The van der Waals surface area contributed by atoms with Crippen molar-refractivity contribution in [1.29, 1.82) is 0 Å². The Bertz CT molecular complexity index is 1290. The van der Waals surface area contributed by atoms with E-state index < -0.39 is 5.97 Å². The molecule has 0 spiro atoms. The smallest absolute Gasteiger partial charge is 0.331 e. The van der Waals surface area contributed by atoms with Crippen LogP contribution in [0.5, 0.6) is 11.5 Å². The molecule has 3 aromatic carbocycles. The molecule has 0 saturated carbocycles. The van der Waals surface area contributed by atoms with Crippen molar-refractivity contribution in [3.8, 4) is 11.5 Å². The molecule has 0 amide bonds. The van der Waals surface area contributed by atoms with Gasteiger partial charge in [0.15, 0.2) is 22.7 Å². The van der Waals surface area contributed by atoms with Gasteiger partial charge in [-0.05, 0) is 49.4 Å². The van der Waals surface area contributed by atoms with Crippen LogP contribution in [0.4, 0.5) is 0 Å². The highest BCUT2D eigenvalue weighted by Gasteiger charge is 2.16. The molecule has 1 aromatic heterocycles. The molecule has 30 heavy (non-hydrogen) atoms. The second-order valence-corrected chi connectivity index (χ2v) is 6.85. The van der Waals surface area contributed by atoms with Gasteiger partial charge in [0.2, 0.25) is 0 Å². The molecule has 0 unspecified atom stereocenters. The van der Waals surface area contributed by atoms with Crippen molar-refractivity contribution in [2.45, 2.75) is 13.5 Å². The van der Waals surface area contributed by atoms with E-state index in [4.69, 9.17) is 9.47 Å². The monoisotopic (exact) mass is 401 g/mol. The molecule has 4 aromatic rings. The number of hydrogen-bond donors (Lipinski definition) is 0. The number of ether oxygens (including phenoxy) is 2. The summed E-state index contributed by atoms with van der Waals surface area (Å²) in [7, 11) is 1.44. The number of benzene rings is 3. The minimum absolute atomic E-state index is 0.0766. The van der Waals surface area contributed by atoms with Crippen LogP contribution in [-0.2, 0) is 11.3 Å². The van der Waals surface area contributed by atoms with E-state index in [1.165, 1.54) is 26.2 Å². The van der Waals surface area contributed by atoms with E-state index in [1.807, 2.05) is 12.1 Å². The third-order valence-corrected chi connectivity index (χ3v) is 4.96. The number of pyridine rings is 1. The number of rotatable bonds is 5. The number of methoxy groups -OCH3 is 1. The molecular weight excluding hydrogens is 382 g/mol. The quantitative estimate of drug-likeness (QED) is 0.219. The number of para-hydroxylation sites is 2. The van der Waals surface area contributed by atoms with Gasteiger partial charge in [0.05, 0.1) is 18.1 Å². The Morgan fingerprint density at radius 3 is 2.03 bits per heavy atom. The Kier molecular flexibility index (Phi) is 5.06. The first-order valence-electron chi connectivity index (χ1n) is 9.39. The topological polar surface area (TPSA) is 74.6 Å². The highest BCUT2D eigenvalue weighted by molar-refractivity contribution is 5.95. The number of esters is 1. The number of fused-ring (bicyclic) bond motifs is 2. The SMILES string of the molecule is COc1cc(C(C)=O)ccc1OC(=O)Cn1c2ccccc2c(=O)c2ccccc21. The number of ketones is 1. The lowest BCUT2D eigenvalue weighted by atomic mass is 10.1. The highest BCUT2D eigenvalue weighted by atomic mass is 16.6. The van der Waals surface area contributed by atoms with Crippen LogP contribution in [0, 0.1) is 0 Å². The average Bonchev–Trinajstić information content (AvgIpc) is 2.76. The van der Waals surface area contributed by atoms with Gasteiger partial charge in [0.1, 0.15) is 6.54 Å². The maximum atomic E-state index is 12.8. The second-order valence-electron chi connectivity index (χ2n) is 6.85. The highest BCUT2D eigenvalue weighted by Crippen LogP contribution is 2.29. The zero-order valence-corrected chi connectivity index (χ0v) is 16.5. The normalized spacial score (nSPS) is 10.9. The van der Waals surface area contributed by atoms with Gasteiger partial charge in [-0.1, -0.05) is 24.3 Å². The average molecular weight is 401 g/mol. The van der Waals surface area contributed by atoms with Gasteiger partial charge >= 0.3 is 5.97 Å². The van der Waals surface area contributed by atoms with Crippen molar-refractivity contribution >= 4 is 33.6 Å². The molecule has 0 N–H and O–H groups in total. The number of hydrogen-bond acceptors (Lipinski definition) is 5. The summed E-state index contributed by atoms with van der Waals surface area (Å²) in [5.74, 6) is -0.118. The minimum Gasteiger partial charge on any atom is -0.493 e. The van der Waals surface area contributed by atoms with Gasteiger partial charge in [-0.25, -0.2) is 4.79 Å². The molecule has 6 heteroatoms. The Morgan fingerprint density at radius 1 is 0.867 bits per heavy atom. The molecule has 0 saturated heterocycles. The molecule has 0 aliphatic heterocycles. The molecule has 4 rings (SSSR count). The van der Waals surface area contributed by atoms with Crippen molar-refractivity contribution in [3.05, 3.63) is 82.5 Å².